The van der Waals surface area contributed by atoms with Crippen LogP contribution in [0.15, 0.2) is 54.6 Å². The Labute approximate surface area is 176 Å². The van der Waals surface area contributed by atoms with E-state index in [1.165, 1.54) is 0 Å². The third-order valence-corrected chi connectivity index (χ3v) is 5.45. The summed E-state index contributed by atoms with van der Waals surface area (Å²) < 4.78 is 9.55. The molecule has 0 aliphatic rings. The van der Waals surface area contributed by atoms with Gasteiger partial charge in [-0.05, 0) is 51.1 Å². The van der Waals surface area contributed by atoms with Crippen molar-refractivity contribution in [2.24, 2.45) is 0 Å². The lowest BCUT2D eigenvalue weighted by Gasteiger charge is -2.12. The minimum Gasteiger partial charge on any atom is -0.497 e. The van der Waals surface area contributed by atoms with Crippen LogP contribution in [0.4, 0.5) is 0 Å². The van der Waals surface area contributed by atoms with E-state index in [1.54, 1.807) is 7.11 Å². The van der Waals surface area contributed by atoms with E-state index in [-0.39, 0.29) is 5.91 Å². The molecule has 0 bridgehead atoms. The predicted octanol–water partition coefficient (Wildman–Crippen LogP) is 4.19. The Balaban J connectivity index is 1.51. The Morgan fingerprint density at radius 1 is 1.07 bits per heavy atom. The summed E-state index contributed by atoms with van der Waals surface area (Å²) in [4.78, 5) is 17.5. The Morgan fingerprint density at radius 2 is 1.87 bits per heavy atom. The zero-order chi connectivity index (χ0) is 21.3. The highest BCUT2D eigenvalue weighted by Gasteiger charge is 2.17. The molecule has 0 radical (unpaired) electrons. The molecule has 2 aromatic carbocycles. The van der Waals surface area contributed by atoms with Crippen molar-refractivity contribution in [2.45, 2.75) is 27.3 Å². The van der Waals surface area contributed by atoms with Gasteiger partial charge >= 0.3 is 0 Å². The molecule has 0 saturated carbocycles. The Kier molecular flexibility index (Phi) is 5.31. The van der Waals surface area contributed by atoms with E-state index in [9.17, 15) is 4.79 Å². The van der Waals surface area contributed by atoms with Crippen LogP contribution in [0, 0.1) is 20.8 Å². The molecule has 30 heavy (non-hydrogen) atoms. The molecule has 0 unspecified atom stereocenters. The Hall–Kier alpha value is -3.54. The summed E-state index contributed by atoms with van der Waals surface area (Å²) in [5.74, 6) is 1.66. The molecule has 0 fully saturated rings. The van der Waals surface area contributed by atoms with Gasteiger partial charge in [0.05, 0.1) is 23.7 Å². The van der Waals surface area contributed by atoms with Crippen LogP contribution in [0.25, 0.3) is 16.7 Å². The standard InChI is InChI=1S/C24H26N4O2/c1-16-14-21(17(2)28(16)19-8-7-9-20(15-19)30-4)24(29)25-12-13-27-18(3)26-22-10-5-6-11-23(22)27/h5-11,14-15H,12-13H2,1-4H3,(H,25,29). The molecule has 4 aromatic rings. The Bertz CT molecular complexity index is 1220. The predicted molar refractivity (Wildman–Crippen MR) is 119 cm³/mol. The van der Waals surface area contributed by atoms with Gasteiger partial charge in [0.15, 0.2) is 0 Å². The Morgan fingerprint density at radius 3 is 2.67 bits per heavy atom. The molecule has 0 aliphatic heterocycles. The second-order valence-corrected chi connectivity index (χ2v) is 7.38. The van der Waals surface area contributed by atoms with Crippen molar-refractivity contribution in [2.75, 3.05) is 13.7 Å². The topological polar surface area (TPSA) is 61.1 Å². The number of aromatic nitrogens is 3. The van der Waals surface area contributed by atoms with Crippen LogP contribution in [-0.4, -0.2) is 33.7 Å². The van der Waals surface area contributed by atoms with Crippen LogP contribution in [-0.2, 0) is 6.54 Å². The molecule has 0 atom stereocenters. The zero-order valence-electron chi connectivity index (χ0n) is 17.8. The van der Waals surface area contributed by atoms with Crippen LogP contribution >= 0.6 is 0 Å². The number of hydrogen-bond donors (Lipinski definition) is 1. The van der Waals surface area contributed by atoms with Gasteiger partial charge in [-0.25, -0.2) is 4.98 Å². The summed E-state index contributed by atoms with van der Waals surface area (Å²) in [6.07, 6.45) is 0. The van der Waals surface area contributed by atoms with E-state index >= 15 is 0 Å². The monoisotopic (exact) mass is 402 g/mol. The minimum atomic E-state index is -0.0701. The molecular formula is C24H26N4O2. The lowest BCUT2D eigenvalue weighted by Crippen LogP contribution is -2.27. The first kappa shape index (κ1) is 19.8. The fourth-order valence-corrected chi connectivity index (χ4v) is 3.99. The van der Waals surface area contributed by atoms with Crippen molar-refractivity contribution >= 4 is 16.9 Å². The van der Waals surface area contributed by atoms with Gasteiger partial charge in [0.1, 0.15) is 11.6 Å². The summed E-state index contributed by atoms with van der Waals surface area (Å²) in [5.41, 5.74) is 5.62. The first-order chi connectivity index (χ1) is 14.5. The fourth-order valence-electron chi connectivity index (χ4n) is 3.99. The normalized spacial score (nSPS) is 11.1. The maximum Gasteiger partial charge on any atom is 0.253 e. The minimum absolute atomic E-state index is 0.0701. The van der Waals surface area contributed by atoms with Crippen LogP contribution in [0.1, 0.15) is 27.6 Å². The van der Waals surface area contributed by atoms with Gasteiger partial charge in [0, 0.05) is 36.2 Å². The number of imidazole rings is 1. The van der Waals surface area contributed by atoms with Crippen molar-refractivity contribution < 1.29 is 9.53 Å². The van der Waals surface area contributed by atoms with Gasteiger partial charge in [-0.2, -0.15) is 0 Å². The van der Waals surface area contributed by atoms with E-state index in [4.69, 9.17) is 4.74 Å². The number of amides is 1. The second kappa shape index (κ2) is 8.06. The molecule has 0 aliphatic carbocycles. The molecule has 1 amide bonds. The van der Waals surface area contributed by atoms with Crippen LogP contribution in [0.5, 0.6) is 5.75 Å². The highest BCUT2D eigenvalue weighted by atomic mass is 16.5. The summed E-state index contributed by atoms with van der Waals surface area (Å²) >= 11 is 0. The molecule has 6 heteroatoms. The van der Waals surface area contributed by atoms with E-state index < -0.39 is 0 Å². The van der Waals surface area contributed by atoms with E-state index in [2.05, 4.69) is 25.5 Å². The molecular weight excluding hydrogens is 376 g/mol. The van der Waals surface area contributed by atoms with Gasteiger partial charge in [0.2, 0.25) is 0 Å². The van der Waals surface area contributed by atoms with E-state index in [0.717, 1.165) is 39.7 Å². The molecule has 0 saturated heterocycles. The van der Waals surface area contributed by atoms with Gasteiger partial charge in [0.25, 0.3) is 5.91 Å². The number of carbonyl (C=O) groups excluding carboxylic acids is 1. The van der Waals surface area contributed by atoms with Gasteiger partial charge in [-0.1, -0.05) is 18.2 Å². The number of benzene rings is 2. The third-order valence-electron chi connectivity index (χ3n) is 5.45. The quantitative estimate of drug-likeness (QED) is 0.526. The van der Waals surface area contributed by atoms with Crippen molar-refractivity contribution in [1.29, 1.82) is 0 Å². The van der Waals surface area contributed by atoms with E-state index in [1.807, 2.05) is 69.3 Å². The molecule has 154 valence electrons. The first-order valence-corrected chi connectivity index (χ1v) is 10.0. The first-order valence-electron chi connectivity index (χ1n) is 10.0. The van der Waals surface area contributed by atoms with Gasteiger partial charge in [-0.3, -0.25) is 4.79 Å². The molecule has 6 nitrogen and oxygen atoms in total. The summed E-state index contributed by atoms with van der Waals surface area (Å²) in [6, 6.07) is 17.8. The number of rotatable bonds is 6. The number of carbonyl (C=O) groups is 1. The average molecular weight is 402 g/mol. The van der Waals surface area contributed by atoms with Crippen molar-refractivity contribution in [3.8, 4) is 11.4 Å². The largest absolute Gasteiger partial charge is 0.497 e. The number of hydrogen-bond acceptors (Lipinski definition) is 3. The lowest BCUT2D eigenvalue weighted by atomic mass is 10.2. The molecule has 0 spiro atoms. The number of para-hydroxylation sites is 2. The molecule has 4 rings (SSSR count). The van der Waals surface area contributed by atoms with Crippen LogP contribution in [0.3, 0.4) is 0 Å². The summed E-state index contributed by atoms with van der Waals surface area (Å²) in [7, 11) is 1.65. The molecule has 2 heterocycles. The van der Waals surface area contributed by atoms with Gasteiger partial charge < -0.3 is 19.2 Å². The number of aryl methyl sites for hydroxylation is 2. The maximum atomic E-state index is 12.9. The maximum absolute atomic E-state index is 12.9. The molecule has 2 aromatic heterocycles. The van der Waals surface area contributed by atoms with Crippen LogP contribution in [0.2, 0.25) is 0 Å². The second-order valence-electron chi connectivity index (χ2n) is 7.38. The highest BCUT2D eigenvalue weighted by Crippen LogP contribution is 2.24. The summed E-state index contributed by atoms with van der Waals surface area (Å²) in [6.45, 7) is 7.16. The van der Waals surface area contributed by atoms with E-state index in [0.29, 0.717) is 18.7 Å². The number of fused-ring (bicyclic) bond motifs is 1. The highest BCUT2D eigenvalue weighted by molar-refractivity contribution is 5.96. The zero-order valence-corrected chi connectivity index (χ0v) is 17.8. The summed E-state index contributed by atoms with van der Waals surface area (Å²) in [5, 5.41) is 3.06. The SMILES string of the molecule is COc1cccc(-n2c(C)cc(C(=O)NCCn3c(C)nc4ccccc43)c2C)c1. The van der Waals surface area contributed by atoms with Gasteiger partial charge in [-0.15, -0.1) is 0 Å². The number of ether oxygens (including phenoxy) is 1. The number of nitrogens with one attached hydrogen (secondary N) is 1. The smallest absolute Gasteiger partial charge is 0.253 e. The lowest BCUT2D eigenvalue weighted by molar-refractivity contribution is 0.0951. The van der Waals surface area contributed by atoms with Crippen molar-refractivity contribution in [3.05, 3.63) is 77.4 Å². The van der Waals surface area contributed by atoms with Crippen LogP contribution < -0.4 is 10.1 Å². The average Bonchev–Trinajstić information content (AvgIpc) is 3.23. The van der Waals surface area contributed by atoms with Crippen molar-refractivity contribution in [3.63, 3.8) is 0 Å². The third kappa shape index (κ3) is 3.56. The fraction of sp³-hybridized carbons (Fsp3) is 0.250. The number of nitrogens with zero attached hydrogens (tertiary/aromatic N) is 3. The van der Waals surface area contributed by atoms with Crippen molar-refractivity contribution in [1.82, 2.24) is 19.4 Å². The molecule has 1 N–H and O–H groups in total. The number of methoxy groups -OCH3 is 1.